The maximum absolute atomic E-state index is 12.5. The molecule has 0 atom stereocenters. The van der Waals surface area contributed by atoms with Crippen molar-refractivity contribution in [3.63, 3.8) is 0 Å². The summed E-state index contributed by atoms with van der Waals surface area (Å²) in [7, 11) is 0. The van der Waals surface area contributed by atoms with Crippen molar-refractivity contribution in [3.05, 3.63) is 191 Å². The molecule has 4 heteroatoms. The van der Waals surface area contributed by atoms with E-state index in [0.29, 0.717) is 11.1 Å². The highest BCUT2D eigenvalue weighted by molar-refractivity contribution is 6.49. The van der Waals surface area contributed by atoms with E-state index in [-0.39, 0.29) is 19.0 Å². The number of hydrogen-bond acceptors (Lipinski definition) is 4. The first-order chi connectivity index (χ1) is 23.0. The van der Waals surface area contributed by atoms with E-state index in [9.17, 15) is 14.4 Å². The topological polar surface area (TPSA) is 60.4 Å². The van der Waals surface area contributed by atoms with Crippen molar-refractivity contribution in [2.75, 3.05) is 0 Å². The van der Waals surface area contributed by atoms with E-state index in [2.05, 4.69) is 72.8 Å². The number of ketones is 2. The summed E-state index contributed by atoms with van der Waals surface area (Å²) in [5.41, 5.74) is 9.06. The lowest BCUT2D eigenvalue weighted by Gasteiger charge is -2.07. The average Bonchev–Trinajstić information content (AvgIpc) is 3.14. The summed E-state index contributed by atoms with van der Waals surface area (Å²) in [5, 5.41) is 0. The smallest absolute Gasteiger partial charge is 0.310 e. The van der Waals surface area contributed by atoms with E-state index in [1.165, 1.54) is 11.1 Å². The van der Waals surface area contributed by atoms with Crippen molar-refractivity contribution in [1.29, 1.82) is 0 Å². The van der Waals surface area contributed by atoms with Crippen molar-refractivity contribution in [2.24, 2.45) is 0 Å². The fourth-order valence-electron chi connectivity index (χ4n) is 5.20. The highest BCUT2D eigenvalue weighted by Crippen LogP contribution is 2.23. The van der Waals surface area contributed by atoms with Gasteiger partial charge in [0.25, 0.3) is 0 Å². The minimum Gasteiger partial charge on any atom is -0.461 e. The SMILES string of the molecule is O=C(Cc1ccc(-c2ccc(/C=C\c3ccc(-c4ccccc4)cc3)cc2)cc1)OCc1ccc(C(=O)C(=O)c2ccccc2)cc1. The largest absolute Gasteiger partial charge is 0.461 e. The van der Waals surface area contributed by atoms with Gasteiger partial charge >= 0.3 is 5.97 Å². The van der Waals surface area contributed by atoms with Crippen LogP contribution in [0.2, 0.25) is 0 Å². The minimum absolute atomic E-state index is 0.0812. The van der Waals surface area contributed by atoms with Crippen LogP contribution >= 0.6 is 0 Å². The predicted molar refractivity (Wildman–Crippen MR) is 188 cm³/mol. The van der Waals surface area contributed by atoms with Gasteiger partial charge in [0, 0.05) is 11.1 Å². The molecule has 0 fully saturated rings. The standard InChI is InChI=1S/C43H32O4/c44-41(47-30-34-19-27-40(28-20-34)43(46)42(45)39-9-5-2-6-10-39)29-33-17-25-38(26-18-33)37-23-15-32(16-24-37)12-11-31-13-21-36(22-14-31)35-7-3-1-4-8-35/h1-28H,29-30H2/b12-11-. The summed E-state index contributed by atoms with van der Waals surface area (Å²) in [6.45, 7) is 0.0812. The third-order valence-corrected chi connectivity index (χ3v) is 7.89. The first kappa shape index (κ1) is 30.9. The Morgan fingerprint density at radius 1 is 0.426 bits per heavy atom. The van der Waals surface area contributed by atoms with Crippen LogP contribution in [0.25, 0.3) is 34.4 Å². The molecule has 0 aliphatic rings. The Morgan fingerprint density at radius 3 is 1.34 bits per heavy atom. The Balaban J connectivity index is 0.978. The zero-order chi connectivity index (χ0) is 32.4. The van der Waals surface area contributed by atoms with Crippen LogP contribution < -0.4 is 0 Å². The van der Waals surface area contributed by atoms with Gasteiger partial charge in [-0.15, -0.1) is 0 Å². The van der Waals surface area contributed by atoms with Crippen LogP contribution in [0.15, 0.2) is 158 Å². The van der Waals surface area contributed by atoms with Gasteiger partial charge < -0.3 is 4.74 Å². The number of esters is 1. The molecule has 6 rings (SSSR count). The molecule has 47 heavy (non-hydrogen) atoms. The molecule has 0 amide bonds. The van der Waals surface area contributed by atoms with E-state index < -0.39 is 11.6 Å². The van der Waals surface area contributed by atoms with Gasteiger partial charge in [-0.2, -0.15) is 0 Å². The lowest BCUT2D eigenvalue weighted by atomic mass is 10.0. The maximum Gasteiger partial charge on any atom is 0.310 e. The quantitative estimate of drug-likeness (QED) is 0.0633. The minimum atomic E-state index is -0.572. The number of benzene rings is 6. The first-order valence-corrected chi connectivity index (χ1v) is 15.4. The molecule has 0 bridgehead atoms. The zero-order valence-corrected chi connectivity index (χ0v) is 25.7. The van der Waals surface area contributed by atoms with Crippen LogP contribution in [0.5, 0.6) is 0 Å². The van der Waals surface area contributed by atoms with E-state index in [1.54, 1.807) is 54.6 Å². The molecule has 0 saturated carbocycles. The molecule has 228 valence electrons. The summed E-state index contributed by atoms with van der Waals surface area (Å²) in [6, 6.07) is 50.2. The van der Waals surface area contributed by atoms with Crippen LogP contribution in [-0.4, -0.2) is 17.5 Å². The number of ether oxygens (including phenoxy) is 1. The molecule has 0 saturated heterocycles. The Kier molecular flexibility index (Phi) is 9.70. The van der Waals surface area contributed by atoms with E-state index in [0.717, 1.165) is 33.4 Å². The first-order valence-electron chi connectivity index (χ1n) is 15.4. The second-order valence-electron chi connectivity index (χ2n) is 11.2. The van der Waals surface area contributed by atoms with Crippen molar-refractivity contribution in [2.45, 2.75) is 13.0 Å². The molecule has 0 aliphatic heterocycles. The number of carbonyl (C=O) groups is 3. The van der Waals surface area contributed by atoms with Crippen molar-refractivity contribution in [1.82, 2.24) is 0 Å². The highest BCUT2D eigenvalue weighted by atomic mass is 16.5. The monoisotopic (exact) mass is 612 g/mol. The summed E-state index contributed by atoms with van der Waals surface area (Å²) in [5.74, 6) is -1.47. The highest BCUT2D eigenvalue weighted by Gasteiger charge is 2.18. The van der Waals surface area contributed by atoms with Gasteiger partial charge in [-0.05, 0) is 44.5 Å². The fourth-order valence-corrected chi connectivity index (χ4v) is 5.20. The van der Waals surface area contributed by atoms with Gasteiger partial charge in [-0.25, -0.2) is 0 Å². The fraction of sp³-hybridized carbons (Fsp3) is 0.0465. The van der Waals surface area contributed by atoms with Crippen LogP contribution in [0.1, 0.15) is 43.0 Å². The summed E-state index contributed by atoms with van der Waals surface area (Å²) < 4.78 is 5.46. The Labute approximate surface area is 274 Å². The number of hydrogen-bond donors (Lipinski definition) is 0. The molecule has 0 spiro atoms. The molecular formula is C43H32O4. The Bertz CT molecular complexity index is 1990. The van der Waals surface area contributed by atoms with Gasteiger partial charge in [0.2, 0.25) is 11.6 Å². The van der Waals surface area contributed by atoms with Gasteiger partial charge in [0.15, 0.2) is 0 Å². The molecule has 0 N–H and O–H groups in total. The van der Waals surface area contributed by atoms with Gasteiger partial charge in [0.05, 0.1) is 6.42 Å². The van der Waals surface area contributed by atoms with E-state index in [4.69, 9.17) is 4.74 Å². The van der Waals surface area contributed by atoms with Gasteiger partial charge in [0.1, 0.15) is 6.61 Å². The third-order valence-electron chi connectivity index (χ3n) is 7.89. The molecule has 4 nitrogen and oxygen atoms in total. The summed E-state index contributed by atoms with van der Waals surface area (Å²) >= 11 is 0. The number of carbonyl (C=O) groups excluding carboxylic acids is 3. The van der Waals surface area contributed by atoms with E-state index in [1.807, 2.05) is 42.5 Å². The Hall–Kier alpha value is -6.13. The lowest BCUT2D eigenvalue weighted by molar-refractivity contribution is -0.144. The third kappa shape index (κ3) is 8.13. The molecular weight excluding hydrogens is 580 g/mol. The zero-order valence-electron chi connectivity index (χ0n) is 25.7. The normalized spacial score (nSPS) is 10.9. The van der Waals surface area contributed by atoms with Crippen LogP contribution in [0.4, 0.5) is 0 Å². The van der Waals surface area contributed by atoms with Crippen molar-refractivity contribution >= 4 is 29.7 Å². The number of Topliss-reactive ketones (excluding diaryl/α,β-unsaturated/α-hetero) is 2. The average molecular weight is 613 g/mol. The van der Waals surface area contributed by atoms with Crippen LogP contribution in [-0.2, 0) is 22.6 Å². The predicted octanol–water partition coefficient (Wildman–Crippen LogP) is 9.54. The maximum atomic E-state index is 12.5. The molecule has 0 aliphatic carbocycles. The molecule has 0 heterocycles. The van der Waals surface area contributed by atoms with E-state index >= 15 is 0 Å². The summed E-state index contributed by atoms with van der Waals surface area (Å²) in [4.78, 5) is 37.5. The second-order valence-corrected chi connectivity index (χ2v) is 11.2. The molecule has 0 radical (unpaired) electrons. The van der Waals surface area contributed by atoms with Crippen molar-refractivity contribution < 1.29 is 19.1 Å². The molecule has 0 aromatic heterocycles. The molecule has 0 unspecified atom stereocenters. The lowest BCUT2D eigenvalue weighted by Crippen LogP contribution is -2.14. The summed E-state index contributed by atoms with van der Waals surface area (Å²) in [6.07, 6.45) is 4.37. The Morgan fingerprint density at radius 2 is 0.830 bits per heavy atom. The van der Waals surface area contributed by atoms with Crippen LogP contribution in [0, 0.1) is 0 Å². The van der Waals surface area contributed by atoms with Gasteiger partial charge in [-0.1, -0.05) is 170 Å². The van der Waals surface area contributed by atoms with Gasteiger partial charge in [-0.3, -0.25) is 14.4 Å². The van der Waals surface area contributed by atoms with Crippen LogP contribution in [0.3, 0.4) is 0 Å². The second kappa shape index (κ2) is 14.8. The molecule has 6 aromatic carbocycles. The molecule has 6 aromatic rings. The number of rotatable bonds is 11. The van der Waals surface area contributed by atoms with Crippen molar-refractivity contribution in [3.8, 4) is 22.3 Å².